The standard InChI is InChI=1S/C21H34N4O3Si/c1-16-19(27-15-17-11-8-7-9-12-17)18(20(26)23-22)25(24-16)13-10-14-28-29(5,6)21(2,3)4/h7-9,11-12H,10,13-15,22H2,1-6H3,(H,23,26). The van der Waals surface area contributed by atoms with E-state index in [1.54, 1.807) is 4.68 Å². The van der Waals surface area contributed by atoms with Gasteiger partial charge < -0.3 is 9.16 Å². The van der Waals surface area contributed by atoms with Crippen molar-refractivity contribution in [2.45, 2.75) is 65.4 Å². The topological polar surface area (TPSA) is 91.4 Å². The molecule has 0 aliphatic heterocycles. The molecular weight excluding hydrogens is 384 g/mol. The average molecular weight is 419 g/mol. The molecule has 29 heavy (non-hydrogen) atoms. The first kappa shape index (κ1) is 23.1. The molecule has 0 aliphatic rings. The van der Waals surface area contributed by atoms with E-state index in [0.29, 0.717) is 36.9 Å². The van der Waals surface area contributed by atoms with Crippen molar-refractivity contribution in [2.75, 3.05) is 6.61 Å². The number of hydrogen-bond acceptors (Lipinski definition) is 5. The van der Waals surface area contributed by atoms with E-state index < -0.39 is 14.2 Å². The quantitative estimate of drug-likeness (QED) is 0.213. The van der Waals surface area contributed by atoms with Gasteiger partial charge in [0.05, 0.1) is 0 Å². The second kappa shape index (κ2) is 9.56. The van der Waals surface area contributed by atoms with Gasteiger partial charge in [-0.1, -0.05) is 51.1 Å². The number of benzene rings is 1. The van der Waals surface area contributed by atoms with Crippen LogP contribution in [0.3, 0.4) is 0 Å². The van der Waals surface area contributed by atoms with Gasteiger partial charge in [-0.3, -0.25) is 14.9 Å². The summed E-state index contributed by atoms with van der Waals surface area (Å²) in [4.78, 5) is 12.4. The van der Waals surface area contributed by atoms with Crippen LogP contribution in [0.5, 0.6) is 5.75 Å². The molecule has 8 heteroatoms. The highest BCUT2D eigenvalue weighted by atomic mass is 28.4. The van der Waals surface area contributed by atoms with Crippen LogP contribution in [0, 0.1) is 6.92 Å². The minimum atomic E-state index is -1.79. The number of nitrogens with two attached hydrogens (primary N) is 1. The van der Waals surface area contributed by atoms with Crippen molar-refractivity contribution in [1.29, 1.82) is 0 Å². The van der Waals surface area contributed by atoms with Gasteiger partial charge in [0, 0.05) is 13.2 Å². The summed E-state index contributed by atoms with van der Waals surface area (Å²) in [5.74, 6) is 5.45. The lowest BCUT2D eigenvalue weighted by Gasteiger charge is -2.36. The Morgan fingerprint density at radius 3 is 2.48 bits per heavy atom. The van der Waals surface area contributed by atoms with Crippen molar-refractivity contribution < 1.29 is 14.0 Å². The number of aromatic nitrogens is 2. The molecule has 0 saturated carbocycles. The predicted octanol–water partition coefficient (Wildman–Crippen LogP) is 3.79. The number of carbonyl (C=O) groups is 1. The third-order valence-electron chi connectivity index (χ3n) is 5.43. The Kier molecular flexibility index (Phi) is 7.62. The van der Waals surface area contributed by atoms with Crippen LogP contribution in [0.1, 0.15) is 48.9 Å². The molecule has 1 amide bonds. The zero-order chi connectivity index (χ0) is 21.7. The summed E-state index contributed by atoms with van der Waals surface area (Å²) >= 11 is 0. The number of aryl methyl sites for hydroxylation is 2. The third kappa shape index (κ3) is 5.91. The van der Waals surface area contributed by atoms with Gasteiger partial charge in [-0.05, 0) is 37.0 Å². The number of hydrogen-bond donors (Lipinski definition) is 2. The van der Waals surface area contributed by atoms with Gasteiger partial charge in [-0.25, -0.2) is 5.84 Å². The number of rotatable bonds is 9. The molecule has 0 unspecified atom stereocenters. The summed E-state index contributed by atoms with van der Waals surface area (Å²) < 4.78 is 13.8. The fraction of sp³-hybridized carbons (Fsp3) is 0.524. The SMILES string of the molecule is Cc1nn(CCCO[Si](C)(C)C(C)(C)C)c(C(=O)NN)c1OCc1ccccc1. The molecule has 2 aromatic rings. The molecule has 0 radical (unpaired) electrons. The van der Waals surface area contributed by atoms with Crippen LogP contribution in [0.2, 0.25) is 18.1 Å². The average Bonchev–Trinajstić information content (AvgIpc) is 2.98. The molecule has 7 nitrogen and oxygen atoms in total. The van der Waals surface area contributed by atoms with Gasteiger partial charge in [0.15, 0.2) is 19.8 Å². The van der Waals surface area contributed by atoms with Crippen molar-refractivity contribution in [3.63, 3.8) is 0 Å². The van der Waals surface area contributed by atoms with Crippen molar-refractivity contribution >= 4 is 14.2 Å². The van der Waals surface area contributed by atoms with Gasteiger partial charge in [0.2, 0.25) is 0 Å². The van der Waals surface area contributed by atoms with E-state index in [1.807, 2.05) is 37.3 Å². The van der Waals surface area contributed by atoms with Crippen LogP contribution in [0.4, 0.5) is 0 Å². The summed E-state index contributed by atoms with van der Waals surface area (Å²) in [7, 11) is -1.79. The largest absolute Gasteiger partial charge is 0.484 e. The fourth-order valence-corrected chi connectivity index (χ4v) is 3.76. The molecule has 0 spiro atoms. The molecule has 3 N–H and O–H groups in total. The Balaban J connectivity index is 2.08. The van der Waals surface area contributed by atoms with Crippen molar-refractivity contribution in [3.8, 4) is 5.75 Å². The molecule has 0 saturated heterocycles. The first-order chi connectivity index (χ1) is 13.6. The second-order valence-corrected chi connectivity index (χ2v) is 13.5. The molecular formula is C21H34N4O3Si. The lowest BCUT2D eigenvalue weighted by Crippen LogP contribution is -2.41. The van der Waals surface area contributed by atoms with E-state index in [-0.39, 0.29) is 5.04 Å². The zero-order valence-electron chi connectivity index (χ0n) is 18.4. The number of hydrazine groups is 1. The minimum Gasteiger partial charge on any atom is -0.484 e. The first-order valence-corrected chi connectivity index (χ1v) is 12.9. The molecule has 0 bridgehead atoms. The first-order valence-electron chi connectivity index (χ1n) is 9.96. The summed E-state index contributed by atoms with van der Waals surface area (Å²) in [6.07, 6.45) is 0.747. The smallest absolute Gasteiger partial charge is 0.287 e. The molecule has 2 rings (SSSR count). The highest BCUT2D eigenvalue weighted by Gasteiger charge is 2.36. The maximum Gasteiger partial charge on any atom is 0.287 e. The lowest BCUT2D eigenvalue weighted by atomic mass is 10.2. The third-order valence-corrected chi connectivity index (χ3v) is 9.97. The Labute approximate surface area is 174 Å². The Bertz CT molecular complexity index is 813. The van der Waals surface area contributed by atoms with E-state index in [1.165, 1.54) is 0 Å². The maximum absolute atomic E-state index is 12.4. The predicted molar refractivity (Wildman–Crippen MR) is 117 cm³/mol. The number of ether oxygens (including phenoxy) is 1. The van der Waals surface area contributed by atoms with Crippen molar-refractivity contribution in [2.24, 2.45) is 5.84 Å². The van der Waals surface area contributed by atoms with E-state index in [9.17, 15) is 4.79 Å². The van der Waals surface area contributed by atoms with Crippen molar-refractivity contribution in [1.82, 2.24) is 15.2 Å². The number of amides is 1. The number of nitrogens with zero attached hydrogens (tertiary/aromatic N) is 2. The molecule has 0 fully saturated rings. The van der Waals surface area contributed by atoms with Gasteiger partial charge in [-0.2, -0.15) is 5.10 Å². The molecule has 1 aromatic carbocycles. The van der Waals surface area contributed by atoms with E-state index in [4.69, 9.17) is 15.0 Å². The lowest BCUT2D eigenvalue weighted by molar-refractivity contribution is 0.0937. The van der Waals surface area contributed by atoms with E-state index in [2.05, 4.69) is 44.4 Å². The molecule has 1 heterocycles. The van der Waals surface area contributed by atoms with Crippen LogP contribution >= 0.6 is 0 Å². The highest BCUT2D eigenvalue weighted by Crippen LogP contribution is 2.36. The van der Waals surface area contributed by atoms with Gasteiger partial charge in [0.25, 0.3) is 5.91 Å². The normalized spacial score (nSPS) is 12.1. The van der Waals surface area contributed by atoms with Crippen LogP contribution in [0.15, 0.2) is 30.3 Å². The Morgan fingerprint density at radius 1 is 1.24 bits per heavy atom. The van der Waals surface area contributed by atoms with Crippen LogP contribution in [-0.2, 0) is 17.6 Å². The monoisotopic (exact) mass is 418 g/mol. The Hall–Kier alpha value is -2.16. The molecule has 0 aliphatic carbocycles. The summed E-state index contributed by atoms with van der Waals surface area (Å²) in [5.41, 5.74) is 4.22. The zero-order valence-corrected chi connectivity index (χ0v) is 19.4. The van der Waals surface area contributed by atoms with Crippen LogP contribution < -0.4 is 16.0 Å². The van der Waals surface area contributed by atoms with Crippen molar-refractivity contribution in [3.05, 3.63) is 47.3 Å². The highest BCUT2D eigenvalue weighted by molar-refractivity contribution is 6.74. The van der Waals surface area contributed by atoms with Gasteiger partial charge >= 0.3 is 0 Å². The summed E-state index contributed by atoms with van der Waals surface area (Å²) in [6.45, 7) is 14.5. The summed E-state index contributed by atoms with van der Waals surface area (Å²) in [6, 6.07) is 9.79. The van der Waals surface area contributed by atoms with Gasteiger partial charge in [0.1, 0.15) is 12.3 Å². The van der Waals surface area contributed by atoms with E-state index >= 15 is 0 Å². The number of carbonyl (C=O) groups excluding carboxylic acids is 1. The van der Waals surface area contributed by atoms with E-state index in [0.717, 1.165) is 12.0 Å². The molecule has 0 atom stereocenters. The van der Waals surface area contributed by atoms with Gasteiger partial charge in [-0.15, -0.1) is 0 Å². The molecule has 160 valence electrons. The maximum atomic E-state index is 12.4. The Morgan fingerprint density at radius 2 is 1.90 bits per heavy atom. The second-order valence-electron chi connectivity index (χ2n) is 8.70. The van der Waals surface area contributed by atoms with Crippen LogP contribution in [0.25, 0.3) is 0 Å². The summed E-state index contributed by atoms with van der Waals surface area (Å²) in [5, 5.41) is 4.67. The van der Waals surface area contributed by atoms with Crippen LogP contribution in [-0.4, -0.2) is 30.6 Å². The fourth-order valence-electron chi connectivity index (χ4n) is 2.68. The molecule has 1 aromatic heterocycles. The number of nitrogen functional groups attached to an aromatic ring is 1. The minimum absolute atomic E-state index is 0.165. The number of nitrogens with one attached hydrogen (secondary N) is 1.